The predicted molar refractivity (Wildman–Crippen MR) is 51.0 cm³/mol. The van der Waals surface area contributed by atoms with Gasteiger partial charge in [-0.3, -0.25) is 4.98 Å². The number of likely N-dealkylation sites (N-methyl/N-ethyl adjacent to an activating group) is 1. The Kier molecular flexibility index (Phi) is 1.60. The topological polar surface area (TPSA) is 34.2 Å². The van der Waals surface area contributed by atoms with Crippen LogP contribution in [0.15, 0.2) is 12.3 Å². The Balaban J connectivity index is 2.15. The molecule has 1 aromatic rings. The zero-order valence-electron chi connectivity index (χ0n) is 10.7. The van der Waals surface area contributed by atoms with Gasteiger partial charge in [0.1, 0.15) is 17.7 Å². The maximum absolute atomic E-state index is 12.9. The van der Waals surface area contributed by atoms with Gasteiger partial charge in [0, 0.05) is 16.7 Å². The highest BCUT2D eigenvalue weighted by Crippen LogP contribution is 2.36. The van der Waals surface area contributed by atoms with Gasteiger partial charge < -0.3 is 10.1 Å². The normalized spacial score (nSPS) is 28.6. The summed E-state index contributed by atoms with van der Waals surface area (Å²) < 4.78 is 39.6. The van der Waals surface area contributed by atoms with E-state index in [1.165, 1.54) is 6.07 Å². The van der Waals surface area contributed by atoms with Crippen molar-refractivity contribution in [2.45, 2.75) is 18.9 Å². The minimum absolute atomic E-state index is 0.175. The fraction of sp³-hybridized carbons (Fsp3) is 0.500. The Morgan fingerprint density at radius 1 is 1.79 bits per heavy atom. The van der Waals surface area contributed by atoms with Gasteiger partial charge in [0.2, 0.25) is 0 Å². The number of ether oxygens (including phenoxy) is 1. The molecular weight excluding hydrogens is 183 g/mol. The van der Waals surface area contributed by atoms with Crippen LogP contribution >= 0.6 is 0 Å². The van der Waals surface area contributed by atoms with E-state index in [2.05, 4.69) is 10.3 Å². The van der Waals surface area contributed by atoms with E-state index < -0.39 is 12.8 Å². The van der Waals surface area contributed by atoms with Crippen molar-refractivity contribution >= 4 is 0 Å². The summed E-state index contributed by atoms with van der Waals surface area (Å²) in [6, 6.07) is 1.27. The first kappa shape index (κ1) is 6.35. The van der Waals surface area contributed by atoms with Crippen molar-refractivity contribution in [1.29, 1.82) is 0 Å². The van der Waals surface area contributed by atoms with E-state index in [4.69, 9.17) is 8.85 Å². The molecule has 2 heterocycles. The lowest BCUT2D eigenvalue weighted by Gasteiger charge is -2.12. The summed E-state index contributed by atoms with van der Waals surface area (Å²) in [5, 5.41) is 2.44. The van der Waals surface area contributed by atoms with Crippen molar-refractivity contribution in [3.8, 4) is 5.75 Å². The van der Waals surface area contributed by atoms with Crippen LogP contribution in [-0.4, -0.2) is 24.6 Å². The molecule has 3 nitrogen and oxygen atoms in total. The molecule has 1 aliphatic heterocycles. The van der Waals surface area contributed by atoms with Gasteiger partial charge in [-0.1, -0.05) is 0 Å². The average Bonchev–Trinajstić information content (AvgIpc) is 2.48. The van der Waals surface area contributed by atoms with Gasteiger partial charge in [-0.15, -0.1) is 0 Å². The maximum Gasteiger partial charge on any atom is 0.145 e. The molecule has 2 atom stereocenters. The average molecular weight is 199 g/mol. The first-order valence-electron chi connectivity index (χ1n) is 5.94. The number of fused-ring (bicyclic) bond motifs is 1. The molecule has 0 aliphatic carbocycles. The van der Waals surface area contributed by atoms with Crippen molar-refractivity contribution in [2.75, 3.05) is 13.5 Å². The third-order valence-electron chi connectivity index (χ3n) is 2.40. The highest BCUT2D eigenvalue weighted by Gasteiger charge is 2.32. The molecule has 1 N–H and O–H groups in total. The first-order chi connectivity index (χ1) is 7.87. The van der Waals surface area contributed by atoms with E-state index in [0.29, 0.717) is 11.4 Å². The van der Waals surface area contributed by atoms with Crippen LogP contribution in [0.4, 0.5) is 4.39 Å². The number of nitrogens with zero attached hydrogens (tertiary/aromatic N) is 1. The van der Waals surface area contributed by atoms with Crippen LogP contribution in [0.5, 0.6) is 5.75 Å². The van der Waals surface area contributed by atoms with Crippen LogP contribution in [0, 0.1) is 5.82 Å². The number of halogens is 1. The molecule has 0 spiro atoms. The van der Waals surface area contributed by atoms with Gasteiger partial charge >= 0.3 is 0 Å². The summed E-state index contributed by atoms with van der Waals surface area (Å²) in [4.78, 5) is 3.97. The summed E-state index contributed by atoms with van der Waals surface area (Å²) in [6.07, 6.45) is 0.900. The Bertz CT molecular complexity index is 425. The van der Waals surface area contributed by atoms with Crippen molar-refractivity contribution in [3.63, 3.8) is 0 Å². The van der Waals surface area contributed by atoms with Gasteiger partial charge in [0.25, 0.3) is 0 Å². The van der Waals surface area contributed by atoms with E-state index in [1.807, 2.05) is 6.92 Å². The highest BCUT2D eigenvalue weighted by atomic mass is 19.1. The molecule has 14 heavy (non-hydrogen) atoms. The number of aromatic nitrogens is 1. The molecule has 1 aliphatic rings. The fourth-order valence-corrected chi connectivity index (χ4v) is 1.68. The van der Waals surface area contributed by atoms with Gasteiger partial charge in [-0.05, 0) is 13.9 Å². The number of hydrogen-bond donors (Lipinski definition) is 1. The van der Waals surface area contributed by atoms with Gasteiger partial charge in [0.15, 0.2) is 0 Å². The van der Waals surface area contributed by atoms with Gasteiger partial charge in [0.05, 0.1) is 17.8 Å². The number of nitrogens with one attached hydrogen (secondary N) is 1. The van der Waals surface area contributed by atoms with E-state index in [9.17, 15) is 4.39 Å². The molecule has 0 unspecified atom stereocenters. The Morgan fingerprint density at radius 3 is 3.43 bits per heavy atom. The van der Waals surface area contributed by atoms with E-state index in [1.54, 1.807) is 0 Å². The van der Waals surface area contributed by atoms with Crippen LogP contribution in [-0.2, 0) is 0 Å². The minimum atomic E-state index is -2.19. The molecule has 0 radical (unpaired) electrons. The molecule has 0 amide bonds. The van der Waals surface area contributed by atoms with Gasteiger partial charge in [-0.25, -0.2) is 4.39 Å². The van der Waals surface area contributed by atoms with E-state index in [0.717, 1.165) is 6.20 Å². The molecule has 4 heteroatoms. The monoisotopic (exact) mass is 199 g/mol. The minimum Gasteiger partial charge on any atom is -0.488 e. The quantitative estimate of drug-likeness (QED) is 0.779. The zero-order valence-corrected chi connectivity index (χ0v) is 7.75. The van der Waals surface area contributed by atoms with Crippen molar-refractivity contribution in [1.82, 2.24) is 10.3 Å². The summed E-state index contributed by atoms with van der Waals surface area (Å²) in [6.45, 7) is -0.156. The van der Waals surface area contributed by atoms with Crippen LogP contribution in [0.25, 0.3) is 0 Å². The third kappa shape index (κ3) is 1.46. The number of pyridine rings is 1. The molecule has 0 saturated carbocycles. The largest absolute Gasteiger partial charge is 0.488 e. The SMILES string of the molecule is [2H]C([2H])([2H])NC[C@H]1c2ncc(F)cc2O[C@@H]1C. The number of hydrogen-bond acceptors (Lipinski definition) is 3. The summed E-state index contributed by atoms with van der Waals surface area (Å²) in [5.41, 5.74) is 0.607. The molecule has 2 rings (SSSR count). The van der Waals surface area contributed by atoms with Crippen molar-refractivity contribution in [2.24, 2.45) is 0 Å². The van der Waals surface area contributed by atoms with Crippen molar-refractivity contribution in [3.05, 3.63) is 23.8 Å². The Hall–Kier alpha value is -1.16. The Morgan fingerprint density at radius 2 is 2.64 bits per heavy atom. The molecule has 76 valence electrons. The van der Waals surface area contributed by atoms with Crippen molar-refractivity contribution < 1.29 is 13.2 Å². The smallest absolute Gasteiger partial charge is 0.145 e. The summed E-state index contributed by atoms with van der Waals surface area (Å²) in [7, 11) is 0. The third-order valence-corrected chi connectivity index (χ3v) is 2.40. The fourth-order valence-electron chi connectivity index (χ4n) is 1.68. The molecule has 0 aromatic carbocycles. The Labute approximate surface area is 86.5 Å². The molecular formula is C10H13FN2O. The summed E-state index contributed by atoms with van der Waals surface area (Å²) in [5.74, 6) is -0.235. The van der Waals surface area contributed by atoms with Gasteiger partial charge in [-0.2, -0.15) is 0 Å². The lowest BCUT2D eigenvalue weighted by Crippen LogP contribution is -2.24. The number of rotatable bonds is 2. The van der Waals surface area contributed by atoms with Crippen LogP contribution < -0.4 is 10.1 Å². The second-order valence-corrected chi connectivity index (χ2v) is 3.35. The molecule has 0 saturated heterocycles. The van der Waals surface area contributed by atoms with Crippen LogP contribution in [0.1, 0.15) is 22.6 Å². The summed E-state index contributed by atoms with van der Waals surface area (Å²) >= 11 is 0. The van der Waals surface area contributed by atoms with E-state index >= 15 is 0 Å². The zero-order chi connectivity index (χ0) is 12.6. The van der Waals surface area contributed by atoms with Crippen LogP contribution in [0.2, 0.25) is 0 Å². The standard InChI is InChI=1S/C10H13FN2O/c1-6-8(5-12-2)10-9(14-6)3-7(11)4-13-10/h3-4,6,8,12H,5H2,1-2H3/t6-,8-/m1/s1/i2D3. The first-order valence-corrected chi connectivity index (χ1v) is 4.44. The maximum atomic E-state index is 12.9. The second kappa shape index (κ2) is 3.53. The molecule has 0 bridgehead atoms. The predicted octanol–water partition coefficient (Wildman–Crippen LogP) is 1.30. The lowest BCUT2D eigenvalue weighted by atomic mass is 10.0. The van der Waals surface area contributed by atoms with Crippen LogP contribution in [0.3, 0.4) is 0 Å². The lowest BCUT2D eigenvalue weighted by molar-refractivity contribution is 0.224. The van der Waals surface area contributed by atoms with E-state index in [-0.39, 0.29) is 18.6 Å². The second-order valence-electron chi connectivity index (χ2n) is 3.35. The molecule has 0 fully saturated rings. The highest BCUT2D eigenvalue weighted by molar-refractivity contribution is 5.35. The molecule has 1 aromatic heterocycles.